The van der Waals surface area contributed by atoms with E-state index in [0.717, 1.165) is 35.1 Å². The van der Waals surface area contributed by atoms with Crippen molar-refractivity contribution in [2.75, 3.05) is 41.0 Å². The highest BCUT2D eigenvalue weighted by Crippen LogP contribution is 2.28. The fourth-order valence-corrected chi connectivity index (χ4v) is 7.78. The Morgan fingerprint density at radius 1 is 0.745 bits per heavy atom. The van der Waals surface area contributed by atoms with Crippen LogP contribution in [-0.4, -0.2) is 76.4 Å². The summed E-state index contributed by atoms with van der Waals surface area (Å²) >= 11 is 0. The van der Waals surface area contributed by atoms with Crippen molar-refractivity contribution in [3.8, 4) is 17.2 Å². The van der Waals surface area contributed by atoms with Gasteiger partial charge in [-0.2, -0.15) is 4.31 Å². The number of rotatable bonds is 17. The Balaban J connectivity index is 1.35. The minimum absolute atomic E-state index is 0.137. The first kappa shape index (κ1) is 37.4. The number of methoxy groups -OCH3 is 3. The van der Waals surface area contributed by atoms with Gasteiger partial charge in [-0.25, -0.2) is 8.42 Å². The van der Waals surface area contributed by atoms with Gasteiger partial charge in [-0.05, 0) is 84.3 Å². The lowest BCUT2D eigenvalue weighted by Crippen LogP contribution is -2.50. The molecule has 11 heteroatoms. The van der Waals surface area contributed by atoms with Crippen molar-refractivity contribution in [2.45, 2.75) is 56.0 Å². The largest absolute Gasteiger partial charge is 0.497 e. The third-order valence-electron chi connectivity index (χ3n) is 9.20. The molecule has 4 aromatic carbocycles. The van der Waals surface area contributed by atoms with E-state index in [0.29, 0.717) is 56.1 Å². The second-order valence-electron chi connectivity index (χ2n) is 12.6. The van der Waals surface area contributed by atoms with Crippen LogP contribution in [0.4, 0.5) is 0 Å². The van der Waals surface area contributed by atoms with Crippen LogP contribution in [0.2, 0.25) is 0 Å². The molecule has 0 spiro atoms. The zero-order chi connectivity index (χ0) is 36.2. The summed E-state index contributed by atoms with van der Waals surface area (Å²) in [6, 6.07) is 28.8. The Kier molecular flexibility index (Phi) is 13.1. The number of nitrogens with zero attached hydrogens (tertiary/aromatic N) is 2. The van der Waals surface area contributed by atoms with Gasteiger partial charge in [0.05, 0.1) is 26.2 Å². The van der Waals surface area contributed by atoms with E-state index in [1.54, 1.807) is 50.5 Å². The molecule has 0 aliphatic carbocycles. The van der Waals surface area contributed by atoms with Crippen molar-refractivity contribution in [3.63, 3.8) is 0 Å². The number of amides is 2. The van der Waals surface area contributed by atoms with Crippen molar-refractivity contribution in [3.05, 3.63) is 119 Å². The number of benzene rings is 4. The number of hydrogen-bond acceptors (Lipinski definition) is 7. The fourth-order valence-electron chi connectivity index (χ4n) is 6.27. The van der Waals surface area contributed by atoms with Crippen LogP contribution in [0.5, 0.6) is 17.2 Å². The van der Waals surface area contributed by atoms with E-state index in [1.807, 2.05) is 72.8 Å². The van der Waals surface area contributed by atoms with Crippen molar-refractivity contribution >= 4 is 21.8 Å². The highest BCUT2D eigenvalue weighted by Gasteiger charge is 2.31. The van der Waals surface area contributed by atoms with Crippen molar-refractivity contribution < 1.29 is 32.2 Å². The molecule has 0 aromatic heterocycles. The number of ether oxygens (including phenoxy) is 3. The fraction of sp³-hybridized carbons (Fsp3) is 0.350. The number of carbonyl (C=O) groups is 2. The van der Waals surface area contributed by atoms with Crippen molar-refractivity contribution in [1.82, 2.24) is 14.5 Å². The smallest absolute Gasteiger partial charge is 0.243 e. The highest BCUT2D eigenvalue weighted by molar-refractivity contribution is 7.89. The lowest BCUT2D eigenvalue weighted by Gasteiger charge is -2.32. The molecule has 4 aromatic rings. The summed E-state index contributed by atoms with van der Waals surface area (Å²) in [7, 11) is 1.24. The van der Waals surface area contributed by atoms with Gasteiger partial charge >= 0.3 is 0 Å². The predicted molar refractivity (Wildman–Crippen MR) is 196 cm³/mol. The molecule has 1 aliphatic rings. The maximum absolute atomic E-state index is 14.2. The molecule has 0 bridgehead atoms. The van der Waals surface area contributed by atoms with Crippen LogP contribution in [0.25, 0.3) is 0 Å². The number of sulfonamides is 1. The van der Waals surface area contributed by atoms with Crippen LogP contribution in [0, 0.1) is 0 Å². The Morgan fingerprint density at radius 2 is 1.39 bits per heavy atom. The Labute approximate surface area is 301 Å². The van der Waals surface area contributed by atoms with Crippen LogP contribution in [-0.2, 0) is 45.4 Å². The van der Waals surface area contributed by atoms with Crippen LogP contribution >= 0.6 is 0 Å². The van der Waals surface area contributed by atoms with Gasteiger partial charge in [-0.1, -0.05) is 60.7 Å². The van der Waals surface area contributed by atoms with E-state index in [2.05, 4.69) is 5.32 Å². The molecule has 1 saturated heterocycles. The predicted octanol–water partition coefficient (Wildman–Crippen LogP) is 5.43. The number of hydrogen-bond donors (Lipinski definition) is 1. The molecule has 1 aliphatic heterocycles. The topological polar surface area (TPSA) is 114 Å². The SMILES string of the molecule is COc1ccc(CN(C(=O)CCc2ccc(S(=O)(=O)N3CCCC3)cc2)C(Cc2ccccc2)C(=O)NCCc2ccc(OC)c(OC)c2)cc1. The third kappa shape index (κ3) is 9.89. The van der Waals surface area contributed by atoms with E-state index >= 15 is 0 Å². The Morgan fingerprint density at radius 3 is 2.04 bits per heavy atom. The van der Waals surface area contributed by atoms with E-state index in [4.69, 9.17) is 14.2 Å². The van der Waals surface area contributed by atoms with E-state index in [1.165, 1.54) is 4.31 Å². The zero-order valence-corrected chi connectivity index (χ0v) is 30.4. The molecule has 10 nitrogen and oxygen atoms in total. The first-order chi connectivity index (χ1) is 24.7. The summed E-state index contributed by atoms with van der Waals surface area (Å²) in [5, 5.41) is 3.09. The summed E-state index contributed by atoms with van der Waals surface area (Å²) in [4.78, 5) is 30.2. The molecular formula is C40H47N3O7S. The maximum Gasteiger partial charge on any atom is 0.243 e. The molecule has 1 heterocycles. The van der Waals surface area contributed by atoms with Gasteiger partial charge in [-0.3, -0.25) is 9.59 Å². The van der Waals surface area contributed by atoms with Gasteiger partial charge in [0.2, 0.25) is 21.8 Å². The number of aryl methyl sites for hydroxylation is 1. The van der Waals surface area contributed by atoms with E-state index in [9.17, 15) is 18.0 Å². The molecule has 0 saturated carbocycles. The minimum atomic E-state index is -3.53. The third-order valence-corrected chi connectivity index (χ3v) is 11.1. The van der Waals surface area contributed by atoms with Crippen LogP contribution in [0.1, 0.15) is 41.5 Å². The molecular weight excluding hydrogens is 667 g/mol. The molecule has 1 atom stereocenters. The van der Waals surface area contributed by atoms with Crippen molar-refractivity contribution in [2.24, 2.45) is 0 Å². The monoisotopic (exact) mass is 713 g/mol. The maximum atomic E-state index is 14.2. The summed E-state index contributed by atoms with van der Waals surface area (Å²) < 4.78 is 43.7. The average molecular weight is 714 g/mol. The molecule has 270 valence electrons. The second-order valence-corrected chi connectivity index (χ2v) is 14.5. The zero-order valence-electron chi connectivity index (χ0n) is 29.5. The number of carbonyl (C=O) groups excluding carboxylic acids is 2. The lowest BCUT2D eigenvalue weighted by atomic mass is 10.0. The van der Waals surface area contributed by atoms with Crippen molar-refractivity contribution in [1.29, 1.82) is 0 Å². The molecule has 1 fully saturated rings. The van der Waals surface area contributed by atoms with Gasteiger partial charge in [0.15, 0.2) is 11.5 Å². The molecule has 1 unspecified atom stereocenters. The highest BCUT2D eigenvalue weighted by atomic mass is 32.2. The van der Waals surface area contributed by atoms with E-state index < -0.39 is 16.1 Å². The van der Waals surface area contributed by atoms with Crippen LogP contribution in [0.3, 0.4) is 0 Å². The number of nitrogens with one attached hydrogen (secondary N) is 1. The summed E-state index contributed by atoms with van der Waals surface area (Å²) in [6.07, 6.45) is 3.15. The molecule has 51 heavy (non-hydrogen) atoms. The Hall–Kier alpha value is -4.87. The van der Waals surface area contributed by atoms with Gasteiger partial charge in [0, 0.05) is 39.0 Å². The van der Waals surface area contributed by atoms with Crippen LogP contribution in [0.15, 0.2) is 102 Å². The standard InChI is InChI=1S/C40H47N3O7S/c1-48-34-17-11-33(12-18-34)29-43(39(44)22-16-30-13-19-35(20-14-30)51(46,47)42-25-7-8-26-42)36(27-31-9-5-4-6-10-31)40(45)41-24-23-32-15-21-37(49-2)38(28-32)50-3/h4-6,9-15,17-21,28,36H,7-8,16,22-27,29H2,1-3H3,(H,41,45). The lowest BCUT2D eigenvalue weighted by molar-refractivity contribution is -0.141. The Bertz CT molecular complexity index is 1840. The first-order valence-corrected chi connectivity index (χ1v) is 18.7. The van der Waals surface area contributed by atoms with Gasteiger partial charge in [-0.15, -0.1) is 0 Å². The van der Waals surface area contributed by atoms with Gasteiger partial charge in [0.1, 0.15) is 11.8 Å². The van der Waals surface area contributed by atoms with Gasteiger partial charge < -0.3 is 24.4 Å². The molecule has 5 rings (SSSR count). The molecule has 0 radical (unpaired) electrons. The summed E-state index contributed by atoms with van der Waals surface area (Å²) in [5.74, 6) is 1.50. The second kappa shape index (κ2) is 17.9. The normalized spacial score (nSPS) is 13.7. The molecule has 1 N–H and O–H groups in total. The minimum Gasteiger partial charge on any atom is -0.497 e. The van der Waals surface area contributed by atoms with Crippen LogP contribution < -0.4 is 19.5 Å². The van der Waals surface area contributed by atoms with E-state index in [-0.39, 0.29) is 29.7 Å². The first-order valence-electron chi connectivity index (χ1n) is 17.3. The summed E-state index contributed by atoms with van der Waals surface area (Å²) in [5.41, 5.74) is 3.60. The molecule has 2 amide bonds. The average Bonchev–Trinajstić information content (AvgIpc) is 3.72. The quantitative estimate of drug-likeness (QED) is 0.155. The van der Waals surface area contributed by atoms with Gasteiger partial charge in [0.25, 0.3) is 0 Å². The summed E-state index contributed by atoms with van der Waals surface area (Å²) in [6.45, 7) is 1.65.